The van der Waals surface area contributed by atoms with E-state index in [0.717, 1.165) is 45.3 Å². The Balaban J connectivity index is 0.000000370. The Hall–Kier alpha value is -6.27. The van der Waals surface area contributed by atoms with Crippen LogP contribution in [0, 0.1) is 0 Å². The number of amides is 3. The molecule has 0 fully saturated rings. The Morgan fingerprint density at radius 3 is 1.30 bits per heavy atom. The van der Waals surface area contributed by atoms with Gasteiger partial charge in [0.15, 0.2) is 0 Å². The molecule has 6 aromatic rings. The number of carbonyl (C=O) groups excluding carboxylic acids is 4. The molecule has 2 unspecified atom stereocenters. The van der Waals surface area contributed by atoms with Gasteiger partial charge in [-0.05, 0) is 126 Å². The number of benzene rings is 4. The maximum Gasteiger partial charge on any atom is 0.251 e. The van der Waals surface area contributed by atoms with Crippen molar-refractivity contribution in [1.29, 1.82) is 0 Å². The number of aromatic nitrogens is 4. The molecule has 2 heterocycles. The zero-order valence-corrected chi connectivity index (χ0v) is 46.6. The summed E-state index contributed by atoms with van der Waals surface area (Å²) in [5.74, 6) is 2.06. The molecule has 0 aliphatic carbocycles. The molecule has 76 heavy (non-hydrogen) atoms. The van der Waals surface area contributed by atoms with E-state index in [1.807, 2.05) is 126 Å². The van der Waals surface area contributed by atoms with Gasteiger partial charge in [0, 0.05) is 87.9 Å². The lowest BCUT2D eigenvalue weighted by molar-refractivity contribution is -0.119. The maximum atomic E-state index is 12.9. The highest BCUT2D eigenvalue weighted by atomic mass is 35.5. The van der Waals surface area contributed by atoms with Crippen molar-refractivity contribution in [2.75, 3.05) is 13.2 Å². The van der Waals surface area contributed by atoms with Gasteiger partial charge < -0.3 is 50.5 Å². The summed E-state index contributed by atoms with van der Waals surface area (Å²) in [6.07, 6.45) is 5.86. The molecule has 19 heteroatoms. The minimum atomic E-state index is -0.361. The van der Waals surface area contributed by atoms with Crippen LogP contribution in [0.4, 0.5) is 0 Å². The lowest BCUT2D eigenvalue weighted by Crippen LogP contribution is -2.37. The molecule has 16 nitrogen and oxygen atoms in total. The molecule has 0 saturated carbocycles. The number of nitrogens with one attached hydrogen (secondary N) is 3. The number of carbonyl (C=O) groups is 4. The molecule has 412 valence electrons. The first-order chi connectivity index (χ1) is 35.5. The molecule has 0 bridgehead atoms. The summed E-state index contributed by atoms with van der Waals surface area (Å²) in [7, 11) is 3.84. The molecule has 0 aliphatic rings. The van der Waals surface area contributed by atoms with E-state index < -0.39 is 0 Å². The van der Waals surface area contributed by atoms with Crippen molar-refractivity contribution in [3.05, 3.63) is 141 Å². The first-order valence-corrected chi connectivity index (χ1v) is 25.8. The quantitative estimate of drug-likeness (QED) is 0.0372. The van der Waals surface area contributed by atoms with Gasteiger partial charge in [0.05, 0.1) is 45.7 Å². The minimum Gasteiger partial charge on any atom is -0.489 e. The molecular weight excluding hydrogens is 1030 g/mol. The van der Waals surface area contributed by atoms with Gasteiger partial charge in [-0.2, -0.15) is 0 Å². The van der Waals surface area contributed by atoms with Gasteiger partial charge in [0.25, 0.3) is 11.8 Å². The second-order valence-corrected chi connectivity index (χ2v) is 20.0. The van der Waals surface area contributed by atoms with E-state index in [9.17, 15) is 29.4 Å². The number of ether oxygens (including phenoxy) is 2. The number of hydrogen-bond acceptors (Lipinski definition) is 11. The second-order valence-electron chi connectivity index (χ2n) is 18.7. The Labute approximate surface area is 462 Å². The molecule has 6 rings (SSSR count). The number of aliphatic hydroxyl groups is 2. The lowest BCUT2D eigenvalue weighted by atomic mass is 10.0. The van der Waals surface area contributed by atoms with Crippen molar-refractivity contribution in [3.63, 3.8) is 0 Å². The first-order valence-electron chi connectivity index (χ1n) is 24.7. The minimum absolute atomic E-state index is 0. The molecule has 7 N–H and O–H groups in total. The molecule has 3 amide bonds. The molecule has 4 atom stereocenters. The van der Waals surface area contributed by atoms with Crippen LogP contribution < -0.4 is 31.2 Å². The number of rotatable bonds is 21. The van der Waals surface area contributed by atoms with E-state index in [4.69, 9.17) is 43.4 Å². The van der Waals surface area contributed by atoms with E-state index in [1.165, 1.54) is 13.8 Å². The number of aryl methyl sites for hydroxylation is 2. The second kappa shape index (κ2) is 31.1. The normalized spacial score (nSPS) is 12.4. The molecule has 0 radical (unpaired) electrons. The topological polar surface area (TPSA) is 225 Å². The van der Waals surface area contributed by atoms with E-state index in [1.54, 1.807) is 36.4 Å². The van der Waals surface area contributed by atoms with Crippen LogP contribution in [0.3, 0.4) is 0 Å². The Morgan fingerprint density at radius 2 is 0.987 bits per heavy atom. The van der Waals surface area contributed by atoms with Gasteiger partial charge in [-0.3, -0.25) is 19.2 Å². The van der Waals surface area contributed by atoms with Crippen molar-refractivity contribution in [2.45, 2.75) is 125 Å². The fourth-order valence-corrected chi connectivity index (χ4v) is 8.36. The van der Waals surface area contributed by atoms with Crippen molar-refractivity contribution < 1.29 is 38.9 Å². The third kappa shape index (κ3) is 20.4. The Bertz CT molecular complexity index is 2810. The van der Waals surface area contributed by atoms with Crippen molar-refractivity contribution in [2.24, 2.45) is 19.8 Å². The van der Waals surface area contributed by atoms with Crippen LogP contribution in [0.5, 0.6) is 11.5 Å². The van der Waals surface area contributed by atoms with Crippen molar-refractivity contribution >= 4 is 57.8 Å². The monoisotopic (exact) mass is 1100 g/mol. The predicted octanol–water partition coefficient (Wildman–Crippen LogP) is 10.1. The van der Waals surface area contributed by atoms with Gasteiger partial charge in [-0.25, -0.2) is 9.97 Å². The summed E-state index contributed by atoms with van der Waals surface area (Å²) in [5, 5.41) is 28.4. The van der Waals surface area contributed by atoms with Crippen LogP contribution in [-0.2, 0) is 36.5 Å². The summed E-state index contributed by atoms with van der Waals surface area (Å²) >= 11 is 17.2. The van der Waals surface area contributed by atoms with Crippen LogP contribution in [0.2, 0.25) is 10.0 Å². The van der Waals surface area contributed by atoms with E-state index in [2.05, 4.69) is 32.5 Å². The van der Waals surface area contributed by atoms with Gasteiger partial charge in [0.1, 0.15) is 23.1 Å². The number of imidazole rings is 2. The largest absolute Gasteiger partial charge is 0.489 e. The third-order valence-corrected chi connectivity index (χ3v) is 11.8. The highest BCUT2D eigenvalue weighted by molar-refractivity contribution is 6.62. The SMILES string of the molecule is C.CC(=O)Cl.CC(=O)NC(C)c1nc(-c2ccc(C[C@@H](CCO)NC(=O)c3ccc(OC(C)C)c(Cl)c3)cc2)cn1C.CC(C)Oc1ccc(C(=O)N[C@H](CCO)Cc2ccc(-c3cn(C)c(C(C)N)n3)cc2)cc1Cl. The molecular formula is C57H75Cl3N8O8. The summed E-state index contributed by atoms with van der Waals surface area (Å²) in [4.78, 5) is 55.6. The third-order valence-electron chi connectivity index (χ3n) is 11.2. The average molecular weight is 1110 g/mol. The van der Waals surface area contributed by atoms with Crippen LogP contribution in [-0.4, -0.2) is 89.8 Å². The zero-order valence-electron chi connectivity index (χ0n) is 44.3. The molecule has 0 aliphatic heterocycles. The van der Waals surface area contributed by atoms with E-state index >= 15 is 0 Å². The number of nitrogens with two attached hydrogens (primary N) is 1. The van der Waals surface area contributed by atoms with Gasteiger partial charge >= 0.3 is 0 Å². The van der Waals surface area contributed by atoms with Gasteiger partial charge in [-0.1, -0.05) is 79.2 Å². The van der Waals surface area contributed by atoms with Crippen molar-refractivity contribution in [3.8, 4) is 34.0 Å². The van der Waals surface area contributed by atoms with E-state index in [0.29, 0.717) is 58.4 Å². The van der Waals surface area contributed by atoms with E-state index in [-0.39, 0.29) is 80.0 Å². The highest BCUT2D eigenvalue weighted by Gasteiger charge is 2.20. The van der Waals surface area contributed by atoms with Gasteiger partial charge in [0.2, 0.25) is 11.1 Å². The first kappa shape index (κ1) is 64.0. The van der Waals surface area contributed by atoms with Gasteiger partial charge in [-0.15, -0.1) is 0 Å². The number of halogens is 3. The molecule has 0 spiro atoms. The Kier molecular flexibility index (Phi) is 26.2. The number of aliphatic hydroxyl groups excluding tert-OH is 2. The van der Waals surface area contributed by atoms with Crippen LogP contribution in [0.15, 0.2) is 97.3 Å². The summed E-state index contributed by atoms with van der Waals surface area (Å²) in [5.41, 5.74) is 12.5. The summed E-state index contributed by atoms with van der Waals surface area (Å²) in [6.45, 7) is 14.2. The molecule has 4 aromatic carbocycles. The standard InChI is InChI=1S/C28H35ClN4O4.C26H33ClN4O3.C2H3ClO.CH4/c1-17(2)37-26-11-10-22(15-24(26)29)28(36)31-23(12-13-34)14-20-6-8-21(9-7-20)25-16-33(5)27(32-25)18(3)30-19(4)35;1-16(2)34-24-10-9-20(14-22(24)27)26(33)29-21(11-12-32)13-18-5-7-19(8-6-18)23-15-31(4)25(30-23)17(3)28;1-2(3)4;/h6-11,15-18,23,34H,12-14H2,1-5H3,(H,30,35)(H,31,36);5-10,14-17,21,32H,11-13,28H2,1-4H3,(H,29,33);1H3;1H4/t18?,23-;17?,21-;;/m11../s1. The van der Waals surface area contributed by atoms with Crippen molar-refractivity contribution in [1.82, 2.24) is 35.1 Å². The van der Waals surface area contributed by atoms with Crippen LogP contribution in [0.1, 0.15) is 131 Å². The average Bonchev–Trinajstić information content (AvgIpc) is 3.93. The molecule has 0 saturated heterocycles. The summed E-state index contributed by atoms with van der Waals surface area (Å²) in [6, 6.07) is 25.1. The van der Waals surface area contributed by atoms with Crippen LogP contribution >= 0.6 is 34.8 Å². The number of nitrogens with zero attached hydrogens (tertiary/aromatic N) is 4. The summed E-state index contributed by atoms with van der Waals surface area (Å²) < 4.78 is 15.1. The predicted molar refractivity (Wildman–Crippen MR) is 303 cm³/mol. The fraction of sp³-hybridized carbons (Fsp3) is 0.404. The maximum absolute atomic E-state index is 12.9. The Morgan fingerprint density at radius 1 is 0.618 bits per heavy atom. The lowest BCUT2D eigenvalue weighted by Gasteiger charge is -2.19. The number of hydrogen-bond donors (Lipinski definition) is 6. The van der Waals surface area contributed by atoms with Crippen LogP contribution in [0.25, 0.3) is 22.5 Å². The molecule has 2 aromatic heterocycles. The fourth-order valence-electron chi connectivity index (χ4n) is 7.91. The smallest absolute Gasteiger partial charge is 0.251 e. The zero-order chi connectivity index (χ0) is 55.5. The highest BCUT2D eigenvalue weighted by Crippen LogP contribution is 2.29.